The lowest BCUT2D eigenvalue weighted by molar-refractivity contribution is -0.154. The van der Waals surface area contributed by atoms with Crippen LogP contribution in [0.15, 0.2) is 59.1 Å². The van der Waals surface area contributed by atoms with E-state index in [4.69, 9.17) is 20.9 Å². The van der Waals surface area contributed by atoms with Crippen molar-refractivity contribution in [1.82, 2.24) is 29.9 Å². The third-order valence-electron chi connectivity index (χ3n) is 9.38. The highest BCUT2D eigenvalue weighted by Crippen LogP contribution is 2.48. The van der Waals surface area contributed by atoms with E-state index in [1.165, 1.54) is 11.0 Å². The van der Waals surface area contributed by atoms with Crippen molar-refractivity contribution in [3.63, 3.8) is 0 Å². The van der Waals surface area contributed by atoms with Crippen LogP contribution in [0.25, 0.3) is 0 Å². The number of nitrogens with zero attached hydrogens (tertiary/aromatic N) is 6. The van der Waals surface area contributed by atoms with Crippen LogP contribution in [0, 0.1) is 12.3 Å². The first kappa shape index (κ1) is 35.0. The summed E-state index contributed by atoms with van der Waals surface area (Å²) in [5.74, 6) is -1.04. The SMILES string of the molecule is Cc1cc(NC(=O)C(=O)N2CCC3(CCN(C(=O)c4ccc(Nc5nc(NC6(c7ccc(Cl)cc7)CC6)nc(OCC(F)(F)F)n5)cc4)C3)C2)no1. The van der Waals surface area contributed by atoms with Crippen molar-refractivity contribution in [3.05, 3.63) is 76.5 Å². The average molecular weight is 740 g/mol. The summed E-state index contributed by atoms with van der Waals surface area (Å²) in [6, 6.07) is 14.7. The number of aryl methyl sites for hydroxylation is 1. The maximum absolute atomic E-state index is 13.5. The largest absolute Gasteiger partial charge is 0.454 e. The van der Waals surface area contributed by atoms with Gasteiger partial charge in [0.15, 0.2) is 12.4 Å². The van der Waals surface area contributed by atoms with E-state index >= 15 is 0 Å². The van der Waals surface area contributed by atoms with E-state index in [2.05, 4.69) is 36.1 Å². The molecule has 3 amide bonds. The standard InChI is InChI=1S/C34H33ClF3N9O5/c1-20-16-25(45-52-20)40-26(48)28(50)47-15-13-32(18-47)12-14-46(17-32)27(49)21-2-8-24(9-3-21)39-29-41-30(43-31(42-29)51-19-34(36,37)38)44-33(10-11-33)22-4-6-23(35)7-5-22/h2-9,16H,10-15,17-19H2,1H3,(H,40,45,48)(H2,39,41,42,43,44). The van der Waals surface area contributed by atoms with E-state index in [0.29, 0.717) is 61.1 Å². The summed E-state index contributed by atoms with van der Waals surface area (Å²) in [5, 5.41) is 12.9. The Kier molecular flexibility index (Phi) is 9.14. The topological polar surface area (TPSA) is 168 Å². The molecular weight excluding hydrogens is 707 g/mol. The molecule has 18 heteroatoms. The van der Waals surface area contributed by atoms with Crippen molar-refractivity contribution in [2.24, 2.45) is 5.41 Å². The number of carbonyl (C=O) groups is 3. The van der Waals surface area contributed by atoms with Crippen LogP contribution in [0.3, 0.4) is 0 Å². The zero-order valence-corrected chi connectivity index (χ0v) is 28.6. The lowest BCUT2D eigenvalue weighted by atomic mass is 9.86. The molecule has 2 aliphatic heterocycles. The zero-order chi connectivity index (χ0) is 36.7. The lowest BCUT2D eigenvalue weighted by Crippen LogP contribution is -2.40. The van der Waals surface area contributed by atoms with E-state index in [1.54, 1.807) is 48.2 Å². The van der Waals surface area contributed by atoms with E-state index < -0.39 is 36.1 Å². The molecule has 3 fully saturated rings. The maximum atomic E-state index is 13.5. The Morgan fingerprint density at radius 1 is 0.923 bits per heavy atom. The molecule has 1 atom stereocenters. The number of hydrogen-bond acceptors (Lipinski definition) is 11. The van der Waals surface area contributed by atoms with Crippen molar-refractivity contribution in [1.29, 1.82) is 0 Å². The number of hydrogen-bond donors (Lipinski definition) is 3. The van der Waals surface area contributed by atoms with Gasteiger partial charge in [-0.05, 0) is 74.6 Å². The summed E-state index contributed by atoms with van der Waals surface area (Å²) in [6.07, 6.45) is -1.78. The van der Waals surface area contributed by atoms with Gasteiger partial charge in [0.1, 0.15) is 5.76 Å². The van der Waals surface area contributed by atoms with E-state index in [9.17, 15) is 27.6 Å². The Morgan fingerprint density at radius 2 is 1.60 bits per heavy atom. The molecule has 14 nitrogen and oxygen atoms in total. The molecule has 3 N–H and O–H groups in total. The monoisotopic (exact) mass is 739 g/mol. The second kappa shape index (κ2) is 13.6. The Bertz CT molecular complexity index is 1990. The highest BCUT2D eigenvalue weighted by Gasteiger charge is 2.47. The van der Waals surface area contributed by atoms with Gasteiger partial charge in [-0.25, -0.2) is 0 Å². The number of ether oxygens (including phenoxy) is 1. The second-order valence-corrected chi connectivity index (χ2v) is 13.8. The highest BCUT2D eigenvalue weighted by molar-refractivity contribution is 6.39. The Balaban J connectivity index is 0.988. The van der Waals surface area contributed by atoms with Crippen LogP contribution >= 0.6 is 11.6 Å². The number of amides is 3. The third-order valence-corrected chi connectivity index (χ3v) is 9.63. The molecule has 0 radical (unpaired) electrons. The first-order valence-electron chi connectivity index (χ1n) is 16.5. The summed E-state index contributed by atoms with van der Waals surface area (Å²) in [5.41, 5.74) is 0.978. The van der Waals surface area contributed by atoms with Crippen molar-refractivity contribution >= 4 is 52.7 Å². The minimum Gasteiger partial charge on any atom is -0.454 e. The fraction of sp³-hybridized carbons (Fsp3) is 0.382. The van der Waals surface area contributed by atoms with Crippen molar-refractivity contribution in [2.45, 2.75) is 44.3 Å². The third kappa shape index (κ3) is 7.88. The fourth-order valence-electron chi connectivity index (χ4n) is 6.57. The van der Waals surface area contributed by atoms with Gasteiger partial charge in [-0.15, -0.1) is 0 Å². The van der Waals surface area contributed by atoms with E-state index in [0.717, 1.165) is 18.4 Å². The zero-order valence-electron chi connectivity index (χ0n) is 27.8. The van der Waals surface area contributed by atoms with Gasteiger partial charge in [0, 0.05) is 53.9 Å². The highest BCUT2D eigenvalue weighted by atomic mass is 35.5. The van der Waals surface area contributed by atoms with E-state index in [-0.39, 0.29) is 29.0 Å². The summed E-state index contributed by atoms with van der Waals surface area (Å²) < 4.78 is 48.7. The molecular formula is C34H33ClF3N9O5. The molecule has 1 unspecified atom stereocenters. The summed E-state index contributed by atoms with van der Waals surface area (Å²) in [4.78, 5) is 54.6. The second-order valence-electron chi connectivity index (χ2n) is 13.3. The molecule has 4 heterocycles. The number of likely N-dealkylation sites (tertiary alicyclic amines) is 2. The van der Waals surface area contributed by atoms with E-state index in [1.807, 2.05) is 12.1 Å². The molecule has 2 aromatic heterocycles. The van der Waals surface area contributed by atoms with Crippen LogP contribution in [-0.2, 0) is 15.1 Å². The molecule has 0 bridgehead atoms. The van der Waals surface area contributed by atoms with Crippen LogP contribution in [0.1, 0.15) is 47.4 Å². The molecule has 1 aliphatic carbocycles. The molecule has 3 aliphatic rings. The first-order valence-corrected chi connectivity index (χ1v) is 16.8. The number of carbonyl (C=O) groups excluding carboxylic acids is 3. The minimum absolute atomic E-state index is 0.0229. The summed E-state index contributed by atoms with van der Waals surface area (Å²) in [7, 11) is 0. The summed E-state index contributed by atoms with van der Waals surface area (Å²) in [6.45, 7) is 1.75. The number of rotatable bonds is 9. The van der Waals surface area contributed by atoms with Crippen LogP contribution in [0.2, 0.25) is 5.02 Å². The van der Waals surface area contributed by atoms with Gasteiger partial charge >= 0.3 is 24.0 Å². The average Bonchev–Trinajstić information content (AvgIpc) is 3.39. The van der Waals surface area contributed by atoms with Gasteiger partial charge in [-0.2, -0.15) is 28.1 Å². The van der Waals surface area contributed by atoms with Crippen LogP contribution in [0.5, 0.6) is 6.01 Å². The maximum Gasteiger partial charge on any atom is 0.422 e. The van der Waals surface area contributed by atoms with Gasteiger partial charge in [0.2, 0.25) is 11.9 Å². The van der Waals surface area contributed by atoms with Gasteiger partial charge in [-0.3, -0.25) is 19.7 Å². The van der Waals surface area contributed by atoms with Crippen molar-refractivity contribution in [2.75, 3.05) is 48.7 Å². The smallest absolute Gasteiger partial charge is 0.422 e. The molecule has 7 rings (SSSR count). The fourth-order valence-corrected chi connectivity index (χ4v) is 6.70. The van der Waals surface area contributed by atoms with Crippen LogP contribution in [0.4, 0.5) is 36.6 Å². The first-order chi connectivity index (χ1) is 24.8. The quantitative estimate of drug-likeness (QED) is 0.190. The molecule has 2 aromatic carbocycles. The van der Waals surface area contributed by atoms with Crippen LogP contribution in [-0.4, -0.2) is 86.6 Å². The molecule has 2 saturated heterocycles. The molecule has 52 heavy (non-hydrogen) atoms. The van der Waals surface area contributed by atoms with Gasteiger partial charge in [0.05, 0.1) is 5.54 Å². The van der Waals surface area contributed by atoms with Gasteiger partial charge in [0.25, 0.3) is 5.91 Å². The number of anilines is 4. The summed E-state index contributed by atoms with van der Waals surface area (Å²) >= 11 is 6.04. The van der Waals surface area contributed by atoms with Crippen molar-refractivity contribution < 1.29 is 36.8 Å². The Morgan fingerprint density at radius 3 is 2.25 bits per heavy atom. The number of aromatic nitrogens is 4. The normalized spacial score (nSPS) is 19.1. The predicted molar refractivity (Wildman–Crippen MR) is 181 cm³/mol. The number of benzene rings is 2. The van der Waals surface area contributed by atoms with Gasteiger partial charge < -0.3 is 29.7 Å². The molecule has 4 aromatic rings. The molecule has 272 valence electrons. The number of nitrogens with one attached hydrogen (secondary N) is 3. The Labute approximate surface area is 300 Å². The number of alkyl halides is 3. The lowest BCUT2D eigenvalue weighted by Gasteiger charge is -2.24. The minimum atomic E-state index is -4.60. The number of halogens is 4. The van der Waals surface area contributed by atoms with Gasteiger partial charge in [-0.1, -0.05) is 28.9 Å². The van der Waals surface area contributed by atoms with Crippen molar-refractivity contribution in [3.8, 4) is 6.01 Å². The van der Waals surface area contributed by atoms with Crippen LogP contribution < -0.4 is 20.7 Å². The molecule has 1 spiro atoms. The Hall–Kier alpha value is -5.45. The molecule has 1 saturated carbocycles. The predicted octanol–water partition coefficient (Wildman–Crippen LogP) is 5.31.